The summed E-state index contributed by atoms with van der Waals surface area (Å²) in [6, 6.07) is 6.13. The van der Waals surface area contributed by atoms with E-state index in [9.17, 15) is 4.79 Å². The zero-order valence-corrected chi connectivity index (χ0v) is 15.6. The summed E-state index contributed by atoms with van der Waals surface area (Å²) in [5.74, 6) is -0.329. The van der Waals surface area contributed by atoms with Gasteiger partial charge in [0.05, 0.1) is 44.1 Å². The van der Waals surface area contributed by atoms with E-state index in [1.807, 2.05) is 19.1 Å². The van der Waals surface area contributed by atoms with E-state index in [0.29, 0.717) is 12.2 Å². The monoisotopic (exact) mass is 358 g/mol. The fourth-order valence-corrected chi connectivity index (χ4v) is 3.40. The fourth-order valence-electron chi connectivity index (χ4n) is 3.40. The highest BCUT2D eigenvalue weighted by atomic mass is 16.5. The smallest absolute Gasteiger partial charge is 0.341 e. The van der Waals surface area contributed by atoms with Crippen LogP contribution < -0.4 is 10.2 Å². The van der Waals surface area contributed by atoms with Crippen molar-refractivity contribution in [2.45, 2.75) is 20.3 Å². The summed E-state index contributed by atoms with van der Waals surface area (Å²) < 4.78 is 10.6. The molecule has 26 heavy (non-hydrogen) atoms. The largest absolute Gasteiger partial charge is 0.462 e. The van der Waals surface area contributed by atoms with Crippen molar-refractivity contribution in [3.8, 4) is 0 Å². The molecule has 2 N–H and O–H groups in total. The van der Waals surface area contributed by atoms with Crippen molar-refractivity contribution in [3.63, 3.8) is 0 Å². The number of nitrogens with one attached hydrogen (secondary N) is 2. The Morgan fingerprint density at radius 3 is 2.85 bits per heavy atom. The number of rotatable bonds is 7. The lowest BCUT2D eigenvalue weighted by atomic mass is 10.0. The molecule has 0 amide bonds. The van der Waals surface area contributed by atoms with Crippen molar-refractivity contribution in [3.05, 3.63) is 35.5 Å². The van der Waals surface area contributed by atoms with E-state index < -0.39 is 0 Å². The molecule has 0 aliphatic carbocycles. The van der Waals surface area contributed by atoms with Crippen molar-refractivity contribution >= 4 is 22.6 Å². The lowest BCUT2D eigenvalue weighted by molar-refractivity contribution is -0.906. The van der Waals surface area contributed by atoms with Crippen LogP contribution in [-0.2, 0) is 15.9 Å². The van der Waals surface area contributed by atoms with Gasteiger partial charge in [0.2, 0.25) is 0 Å². The number of ether oxygens (including phenoxy) is 2. The van der Waals surface area contributed by atoms with Crippen LogP contribution in [0.2, 0.25) is 0 Å². The third-order valence-electron chi connectivity index (χ3n) is 4.84. The van der Waals surface area contributed by atoms with E-state index in [-0.39, 0.29) is 5.97 Å². The number of carbonyl (C=O) groups excluding carboxylic acids is 1. The summed E-state index contributed by atoms with van der Waals surface area (Å²) in [6.45, 7) is 9.76. The van der Waals surface area contributed by atoms with Crippen LogP contribution in [0.25, 0.3) is 10.9 Å². The van der Waals surface area contributed by atoms with Gasteiger partial charge in [-0.25, -0.2) is 4.79 Å². The molecule has 0 unspecified atom stereocenters. The molecular weight excluding hydrogens is 330 g/mol. The Bertz CT molecular complexity index is 757. The molecule has 0 spiro atoms. The average Bonchev–Trinajstić information content (AvgIpc) is 2.68. The molecule has 0 radical (unpaired) electrons. The molecule has 1 saturated heterocycles. The minimum atomic E-state index is -0.329. The average molecular weight is 358 g/mol. The third kappa shape index (κ3) is 4.14. The topological polar surface area (TPSA) is 64.9 Å². The maximum absolute atomic E-state index is 12.4. The summed E-state index contributed by atoms with van der Waals surface area (Å²) in [7, 11) is 0. The van der Waals surface area contributed by atoms with Crippen LogP contribution in [0.1, 0.15) is 29.8 Å². The van der Waals surface area contributed by atoms with Crippen molar-refractivity contribution in [2.75, 3.05) is 51.3 Å². The second kappa shape index (κ2) is 8.96. The van der Waals surface area contributed by atoms with Crippen LogP contribution in [0.3, 0.4) is 0 Å². The standard InChI is InChI=1S/C20H27N3O3/c1-3-15-6-5-7-16-18(15)22-14-17(20(24)26-4-2)19(16)21-8-9-23-10-12-25-13-11-23/h5-7,14H,3-4,8-13H2,1-2H3,(H,21,22)/p+1. The first-order valence-corrected chi connectivity index (χ1v) is 9.47. The number of esters is 1. The van der Waals surface area contributed by atoms with Crippen molar-refractivity contribution < 1.29 is 19.2 Å². The fraction of sp³-hybridized carbons (Fsp3) is 0.500. The molecule has 140 valence electrons. The van der Waals surface area contributed by atoms with E-state index in [2.05, 4.69) is 23.3 Å². The first-order valence-electron chi connectivity index (χ1n) is 9.47. The van der Waals surface area contributed by atoms with E-state index in [1.54, 1.807) is 6.20 Å². The summed E-state index contributed by atoms with van der Waals surface area (Å²) in [6.07, 6.45) is 2.55. The number of pyridine rings is 1. The maximum atomic E-state index is 12.4. The number of hydrogen-bond donors (Lipinski definition) is 2. The van der Waals surface area contributed by atoms with E-state index >= 15 is 0 Å². The summed E-state index contributed by atoms with van der Waals surface area (Å²) in [4.78, 5) is 18.5. The van der Waals surface area contributed by atoms with Gasteiger partial charge >= 0.3 is 5.97 Å². The summed E-state index contributed by atoms with van der Waals surface area (Å²) in [5.41, 5.74) is 3.46. The SMILES string of the molecule is CCOC(=O)c1cnc2c(CC)cccc2c1NCC[NH+]1CCOCC1. The lowest BCUT2D eigenvalue weighted by Gasteiger charge is -2.24. The van der Waals surface area contributed by atoms with Crippen LogP contribution >= 0.6 is 0 Å². The highest BCUT2D eigenvalue weighted by Crippen LogP contribution is 2.28. The number of para-hydroxylation sites is 1. The van der Waals surface area contributed by atoms with Crippen molar-refractivity contribution in [2.24, 2.45) is 0 Å². The number of carbonyl (C=O) groups is 1. The van der Waals surface area contributed by atoms with Gasteiger partial charge in [-0.2, -0.15) is 0 Å². The van der Waals surface area contributed by atoms with Crippen LogP contribution in [-0.4, -0.2) is 57.0 Å². The predicted molar refractivity (Wildman–Crippen MR) is 102 cm³/mol. The minimum Gasteiger partial charge on any atom is -0.462 e. The predicted octanol–water partition coefficient (Wildman–Crippen LogP) is 1.30. The zero-order chi connectivity index (χ0) is 18.4. The first-order chi connectivity index (χ1) is 12.7. The van der Waals surface area contributed by atoms with Gasteiger partial charge in [-0.1, -0.05) is 25.1 Å². The second-order valence-electron chi connectivity index (χ2n) is 6.47. The zero-order valence-electron chi connectivity index (χ0n) is 15.6. The Morgan fingerprint density at radius 2 is 2.12 bits per heavy atom. The Morgan fingerprint density at radius 1 is 1.31 bits per heavy atom. The molecule has 2 aromatic rings. The second-order valence-corrected chi connectivity index (χ2v) is 6.47. The molecule has 1 aliphatic rings. The Hall–Kier alpha value is -2.18. The molecule has 0 atom stereocenters. The van der Waals surface area contributed by atoms with Crippen molar-refractivity contribution in [1.29, 1.82) is 0 Å². The number of hydrogen-bond acceptors (Lipinski definition) is 5. The molecule has 6 nitrogen and oxygen atoms in total. The molecule has 1 aromatic carbocycles. The Labute approximate surface area is 154 Å². The normalized spacial score (nSPS) is 15.2. The highest BCUT2D eigenvalue weighted by molar-refractivity contribution is 6.05. The molecule has 3 rings (SSSR count). The van der Waals surface area contributed by atoms with Crippen molar-refractivity contribution in [1.82, 2.24) is 4.98 Å². The molecule has 0 saturated carbocycles. The number of morpholine rings is 1. The van der Waals surface area contributed by atoms with Gasteiger partial charge in [-0.05, 0) is 18.9 Å². The number of aromatic nitrogens is 1. The van der Waals surface area contributed by atoms with Crippen LogP contribution in [0, 0.1) is 0 Å². The van der Waals surface area contributed by atoms with Crippen LogP contribution in [0.4, 0.5) is 5.69 Å². The van der Waals surface area contributed by atoms with Crippen LogP contribution in [0.15, 0.2) is 24.4 Å². The van der Waals surface area contributed by atoms with Gasteiger partial charge < -0.3 is 19.7 Å². The number of anilines is 1. The molecule has 6 heteroatoms. The number of aryl methyl sites for hydroxylation is 1. The molecule has 1 aromatic heterocycles. The van der Waals surface area contributed by atoms with Gasteiger partial charge in [-0.15, -0.1) is 0 Å². The molecule has 0 bridgehead atoms. The van der Waals surface area contributed by atoms with Gasteiger partial charge in [-0.3, -0.25) is 4.98 Å². The highest BCUT2D eigenvalue weighted by Gasteiger charge is 2.19. The first kappa shape index (κ1) is 18.6. The summed E-state index contributed by atoms with van der Waals surface area (Å²) in [5, 5.41) is 4.47. The Kier molecular flexibility index (Phi) is 6.41. The summed E-state index contributed by atoms with van der Waals surface area (Å²) >= 11 is 0. The van der Waals surface area contributed by atoms with E-state index in [0.717, 1.165) is 62.4 Å². The number of quaternary nitrogens is 1. The minimum absolute atomic E-state index is 0.329. The van der Waals surface area contributed by atoms with Gasteiger partial charge in [0.1, 0.15) is 18.7 Å². The van der Waals surface area contributed by atoms with E-state index in [1.165, 1.54) is 10.5 Å². The maximum Gasteiger partial charge on any atom is 0.341 e. The van der Waals surface area contributed by atoms with E-state index in [4.69, 9.17) is 9.47 Å². The van der Waals surface area contributed by atoms with Gasteiger partial charge in [0.25, 0.3) is 0 Å². The van der Waals surface area contributed by atoms with Gasteiger partial charge in [0.15, 0.2) is 0 Å². The quantitative estimate of drug-likeness (QED) is 0.731. The third-order valence-corrected chi connectivity index (χ3v) is 4.84. The molecule has 1 aliphatic heterocycles. The lowest BCUT2D eigenvalue weighted by Crippen LogP contribution is -3.14. The van der Waals surface area contributed by atoms with Crippen LogP contribution in [0.5, 0.6) is 0 Å². The molecular formula is C20H28N3O3+. The number of benzene rings is 1. The number of nitrogens with zero attached hydrogens (tertiary/aromatic N) is 1. The van der Waals surface area contributed by atoms with Gasteiger partial charge in [0, 0.05) is 11.6 Å². The molecule has 2 heterocycles. The number of fused-ring (bicyclic) bond motifs is 1. The Balaban J connectivity index is 1.87. The molecule has 1 fully saturated rings.